The molecule has 1 aliphatic rings. The van der Waals surface area contributed by atoms with E-state index in [0.29, 0.717) is 32.1 Å². The van der Waals surface area contributed by atoms with Gasteiger partial charge < -0.3 is 10.6 Å². The molecule has 0 saturated carbocycles. The standard InChI is InChI=1S/C11H26N4O2S/c1-10(9-14(2)3)13-18(16,17)15-6-4-11(8-12)5-7-15/h10-11,13H,4-9,12H2,1-3H3. The van der Waals surface area contributed by atoms with Crippen LogP contribution in [0.25, 0.3) is 0 Å². The van der Waals surface area contributed by atoms with Gasteiger partial charge in [-0.25, -0.2) is 0 Å². The molecule has 7 heteroatoms. The van der Waals surface area contributed by atoms with Crippen LogP contribution in [0.4, 0.5) is 0 Å². The lowest BCUT2D eigenvalue weighted by Gasteiger charge is -2.31. The summed E-state index contributed by atoms with van der Waals surface area (Å²) < 4.78 is 28.5. The summed E-state index contributed by atoms with van der Waals surface area (Å²) >= 11 is 0. The first-order valence-corrected chi connectivity index (χ1v) is 7.91. The van der Waals surface area contributed by atoms with Crippen LogP contribution >= 0.6 is 0 Å². The number of rotatable bonds is 6. The van der Waals surface area contributed by atoms with Crippen molar-refractivity contribution in [2.24, 2.45) is 11.7 Å². The third-order valence-electron chi connectivity index (χ3n) is 3.24. The molecule has 1 unspecified atom stereocenters. The summed E-state index contributed by atoms with van der Waals surface area (Å²) in [6.07, 6.45) is 1.72. The van der Waals surface area contributed by atoms with E-state index in [1.807, 2.05) is 25.9 Å². The van der Waals surface area contributed by atoms with E-state index in [1.54, 1.807) is 0 Å². The Hall–Kier alpha value is -0.210. The molecule has 1 saturated heterocycles. The summed E-state index contributed by atoms with van der Waals surface area (Å²) in [5, 5.41) is 0. The lowest BCUT2D eigenvalue weighted by Crippen LogP contribution is -2.50. The van der Waals surface area contributed by atoms with Crippen LogP contribution in [0.3, 0.4) is 0 Å². The van der Waals surface area contributed by atoms with Crippen LogP contribution in [0, 0.1) is 5.92 Å². The first-order valence-electron chi connectivity index (χ1n) is 6.47. The molecule has 108 valence electrons. The van der Waals surface area contributed by atoms with Crippen LogP contribution in [0.15, 0.2) is 0 Å². The first-order chi connectivity index (χ1) is 8.35. The molecular formula is C11H26N4O2S. The maximum absolute atomic E-state index is 12.1. The van der Waals surface area contributed by atoms with Crippen molar-refractivity contribution in [1.29, 1.82) is 0 Å². The lowest BCUT2D eigenvalue weighted by atomic mass is 9.99. The number of nitrogens with two attached hydrogens (primary N) is 1. The second-order valence-corrected chi connectivity index (χ2v) is 7.07. The van der Waals surface area contributed by atoms with Crippen LogP contribution in [-0.2, 0) is 10.2 Å². The molecule has 0 spiro atoms. The second-order valence-electron chi connectivity index (χ2n) is 5.36. The maximum Gasteiger partial charge on any atom is 0.279 e. The largest absolute Gasteiger partial charge is 0.330 e. The number of hydrogen-bond donors (Lipinski definition) is 2. The average Bonchev–Trinajstić information content (AvgIpc) is 2.27. The Morgan fingerprint density at radius 2 is 1.94 bits per heavy atom. The highest BCUT2D eigenvalue weighted by Crippen LogP contribution is 2.17. The molecule has 0 aromatic rings. The Kier molecular flexibility index (Phi) is 6.00. The Morgan fingerprint density at radius 1 is 1.39 bits per heavy atom. The van der Waals surface area contributed by atoms with Gasteiger partial charge in [0.2, 0.25) is 0 Å². The van der Waals surface area contributed by atoms with Crippen LogP contribution in [0.2, 0.25) is 0 Å². The van der Waals surface area contributed by atoms with Gasteiger partial charge in [-0.15, -0.1) is 0 Å². The molecule has 3 N–H and O–H groups in total. The van der Waals surface area contributed by atoms with Gasteiger partial charge in [0.15, 0.2) is 0 Å². The van der Waals surface area contributed by atoms with Crippen LogP contribution in [-0.4, -0.2) is 63.9 Å². The van der Waals surface area contributed by atoms with Gasteiger partial charge in [-0.3, -0.25) is 0 Å². The number of nitrogens with one attached hydrogen (secondary N) is 1. The van der Waals surface area contributed by atoms with Crippen LogP contribution in [0.1, 0.15) is 19.8 Å². The molecule has 1 rings (SSSR count). The third-order valence-corrected chi connectivity index (χ3v) is 4.98. The number of piperidine rings is 1. The number of likely N-dealkylation sites (N-methyl/N-ethyl adjacent to an activating group) is 1. The molecule has 1 fully saturated rings. The van der Waals surface area contributed by atoms with Crippen molar-refractivity contribution >= 4 is 10.2 Å². The molecule has 0 aliphatic carbocycles. The molecule has 0 bridgehead atoms. The van der Waals surface area contributed by atoms with Crippen molar-refractivity contribution in [2.45, 2.75) is 25.8 Å². The highest BCUT2D eigenvalue weighted by molar-refractivity contribution is 7.87. The summed E-state index contributed by atoms with van der Waals surface area (Å²) in [6, 6.07) is -0.0859. The molecule has 18 heavy (non-hydrogen) atoms. The van der Waals surface area contributed by atoms with Gasteiger partial charge in [0.25, 0.3) is 10.2 Å². The van der Waals surface area contributed by atoms with Crippen LogP contribution < -0.4 is 10.5 Å². The minimum atomic E-state index is -3.34. The molecule has 1 atom stereocenters. The highest BCUT2D eigenvalue weighted by atomic mass is 32.2. The van der Waals surface area contributed by atoms with Gasteiger partial charge in [-0.05, 0) is 46.3 Å². The zero-order valence-corrected chi connectivity index (χ0v) is 12.4. The van der Waals surface area contributed by atoms with Gasteiger partial charge in [0.1, 0.15) is 0 Å². The van der Waals surface area contributed by atoms with Crippen molar-refractivity contribution < 1.29 is 8.42 Å². The van der Waals surface area contributed by atoms with Gasteiger partial charge in [0.05, 0.1) is 0 Å². The topological polar surface area (TPSA) is 78.7 Å². The average molecular weight is 278 g/mol. The molecule has 0 amide bonds. The maximum atomic E-state index is 12.1. The van der Waals surface area contributed by atoms with Crippen molar-refractivity contribution in [3.63, 3.8) is 0 Å². The predicted octanol–water partition coefficient (Wildman–Crippen LogP) is -0.558. The van der Waals surface area contributed by atoms with Crippen molar-refractivity contribution in [3.05, 3.63) is 0 Å². The highest BCUT2D eigenvalue weighted by Gasteiger charge is 2.28. The molecule has 0 radical (unpaired) electrons. The Balaban J connectivity index is 2.49. The van der Waals surface area contributed by atoms with Crippen LogP contribution in [0.5, 0.6) is 0 Å². The van der Waals surface area contributed by atoms with Crippen molar-refractivity contribution in [3.8, 4) is 0 Å². The normalized spacial score (nSPS) is 21.4. The van der Waals surface area contributed by atoms with Crippen molar-refractivity contribution in [1.82, 2.24) is 13.9 Å². The van der Waals surface area contributed by atoms with E-state index in [1.165, 1.54) is 4.31 Å². The van der Waals surface area contributed by atoms with E-state index in [0.717, 1.165) is 12.8 Å². The summed E-state index contributed by atoms with van der Waals surface area (Å²) in [4.78, 5) is 1.97. The van der Waals surface area contributed by atoms with E-state index in [4.69, 9.17) is 5.73 Å². The van der Waals surface area contributed by atoms with E-state index < -0.39 is 10.2 Å². The monoisotopic (exact) mass is 278 g/mol. The van der Waals surface area contributed by atoms with Gasteiger partial charge in [-0.1, -0.05) is 0 Å². The molecule has 1 aliphatic heterocycles. The van der Waals surface area contributed by atoms with E-state index in [-0.39, 0.29) is 6.04 Å². The SMILES string of the molecule is CC(CN(C)C)NS(=O)(=O)N1CCC(CN)CC1. The van der Waals surface area contributed by atoms with E-state index >= 15 is 0 Å². The Morgan fingerprint density at radius 3 is 2.39 bits per heavy atom. The van der Waals surface area contributed by atoms with Crippen molar-refractivity contribution in [2.75, 3.05) is 40.3 Å². The summed E-state index contributed by atoms with van der Waals surface area (Å²) in [6.45, 7) is 4.37. The summed E-state index contributed by atoms with van der Waals surface area (Å²) in [5.74, 6) is 0.468. The lowest BCUT2D eigenvalue weighted by molar-refractivity contribution is 0.272. The summed E-state index contributed by atoms with van der Waals surface area (Å²) in [7, 11) is 0.512. The fraction of sp³-hybridized carbons (Fsp3) is 1.00. The molecule has 0 aromatic carbocycles. The fourth-order valence-electron chi connectivity index (χ4n) is 2.30. The molecule has 0 aromatic heterocycles. The van der Waals surface area contributed by atoms with Gasteiger partial charge >= 0.3 is 0 Å². The van der Waals surface area contributed by atoms with E-state index in [2.05, 4.69) is 4.72 Å². The smallest absolute Gasteiger partial charge is 0.279 e. The third kappa shape index (κ3) is 4.81. The minimum absolute atomic E-state index is 0.0859. The minimum Gasteiger partial charge on any atom is -0.330 e. The molecule has 1 heterocycles. The zero-order chi connectivity index (χ0) is 13.8. The zero-order valence-electron chi connectivity index (χ0n) is 11.6. The first kappa shape index (κ1) is 15.8. The molecular weight excluding hydrogens is 252 g/mol. The number of hydrogen-bond acceptors (Lipinski definition) is 4. The van der Waals surface area contributed by atoms with E-state index in [9.17, 15) is 8.42 Å². The summed E-state index contributed by atoms with van der Waals surface area (Å²) in [5.41, 5.74) is 5.60. The van der Waals surface area contributed by atoms with Gasteiger partial charge in [0, 0.05) is 25.7 Å². The second kappa shape index (κ2) is 6.81. The van der Waals surface area contributed by atoms with Gasteiger partial charge in [-0.2, -0.15) is 17.4 Å². The Bertz CT molecular complexity index is 337. The quantitative estimate of drug-likeness (QED) is 0.683. The Labute approximate surface area is 111 Å². The molecule has 6 nitrogen and oxygen atoms in total. The predicted molar refractivity (Wildman–Crippen MR) is 73.4 cm³/mol. The fourth-order valence-corrected chi connectivity index (χ4v) is 3.72. The number of nitrogens with zero attached hydrogens (tertiary/aromatic N) is 2.